The molecule has 2 heterocycles. The lowest BCUT2D eigenvalue weighted by molar-refractivity contribution is -0.274. The van der Waals surface area contributed by atoms with E-state index in [-0.39, 0.29) is 5.75 Å². The van der Waals surface area contributed by atoms with Crippen LogP contribution in [0.4, 0.5) is 18.3 Å². The molecule has 0 aliphatic heterocycles. The number of rotatable bonds is 5. The van der Waals surface area contributed by atoms with E-state index in [4.69, 9.17) is 0 Å². The van der Waals surface area contributed by atoms with E-state index < -0.39 is 6.36 Å². The number of hydrogen-bond acceptors (Lipinski definition) is 6. The third-order valence-corrected chi connectivity index (χ3v) is 4.26. The van der Waals surface area contributed by atoms with Gasteiger partial charge in [0, 0.05) is 19.8 Å². The molecular formula is C16H13F3N4OS. The van der Waals surface area contributed by atoms with Crippen molar-refractivity contribution in [2.75, 3.05) is 11.9 Å². The summed E-state index contributed by atoms with van der Waals surface area (Å²) in [6.07, 6.45) is -3.00. The predicted molar refractivity (Wildman–Crippen MR) is 88.4 cm³/mol. The number of hydrogen-bond donors (Lipinski definition) is 0. The van der Waals surface area contributed by atoms with Gasteiger partial charge in [0.1, 0.15) is 11.4 Å². The van der Waals surface area contributed by atoms with Crippen LogP contribution < -0.4 is 9.64 Å². The summed E-state index contributed by atoms with van der Waals surface area (Å²) in [7, 11) is 1.84. The molecule has 0 aliphatic carbocycles. The maximum Gasteiger partial charge on any atom is 0.573 e. The van der Waals surface area contributed by atoms with Gasteiger partial charge in [-0.25, -0.2) is 0 Å². The molecule has 130 valence electrons. The fraction of sp³-hybridized carbons (Fsp3) is 0.188. The van der Waals surface area contributed by atoms with Gasteiger partial charge in [0.2, 0.25) is 5.13 Å². The fourth-order valence-corrected chi connectivity index (χ4v) is 2.88. The van der Waals surface area contributed by atoms with Crippen LogP contribution in [0.5, 0.6) is 5.75 Å². The Bertz CT molecular complexity index is 821. The highest BCUT2D eigenvalue weighted by molar-refractivity contribution is 7.18. The molecule has 9 heteroatoms. The summed E-state index contributed by atoms with van der Waals surface area (Å²) in [6.45, 7) is 0.475. The number of nitrogens with zero attached hydrogens (tertiary/aromatic N) is 4. The van der Waals surface area contributed by atoms with Crippen LogP contribution in [0.15, 0.2) is 48.7 Å². The van der Waals surface area contributed by atoms with E-state index in [1.54, 1.807) is 18.3 Å². The number of alkyl halides is 3. The van der Waals surface area contributed by atoms with Crippen molar-refractivity contribution in [3.63, 3.8) is 0 Å². The van der Waals surface area contributed by atoms with E-state index in [0.29, 0.717) is 16.7 Å². The summed E-state index contributed by atoms with van der Waals surface area (Å²) in [5.41, 5.74) is 1.57. The molecule has 25 heavy (non-hydrogen) atoms. The molecule has 0 saturated heterocycles. The lowest BCUT2D eigenvalue weighted by Crippen LogP contribution is -2.18. The maximum atomic E-state index is 12.2. The minimum Gasteiger partial charge on any atom is -0.406 e. The molecule has 3 rings (SSSR count). The van der Waals surface area contributed by atoms with Crippen molar-refractivity contribution in [1.29, 1.82) is 0 Å². The zero-order chi connectivity index (χ0) is 17.9. The second-order valence-corrected chi connectivity index (χ2v) is 6.11. The summed E-state index contributed by atoms with van der Waals surface area (Å²) in [6, 6.07) is 11.3. The zero-order valence-electron chi connectivity index (χ0n) is 13.1. The molecule has 0 N–H and O–H groups in total. The molecule has 0 saturated carbocycles. The van der Waals surface area contributed by atoms with Gasteiger partial charge in [0.05, 0.1) is 0 Å². The Balaban J connectivity index is 1.66. The Kier molecular flexibility index (Phi) is 4.84. The quantitative estimate of drug-likeness (QED) is 0.679. The maximum absolute atomic E-state index is 12.2. The molecule has 1 aromatic carbocycles. The van der Waals surface area contributed by atoms with E-state index in [1.807, 2.05) is 30.1 Å². The van der Waals surface area contributed by atoms with Gasteiger partial charge in [-0.3, -0.25) is 4.98 Å². The van der Waals surface area contributed by atoms with Gasteiger partial charge in [-0.1, -0.05) is 29.5 Å². The van der Waals surface area contributed by atoms with Gasteiger partial charge in [0.25, 0.3) is 0 Å². The molecule has 0 spiro atoms. The van der Waals surface area contributed by atoms with Crippen molar-refractivity contribution in [2.45, 2.75) is 12.9 Å². The third-order valence-electron chi connectivity index (χ3n) is 3.20. The Morgan fingerprint density at radius 2 is 1.84 bits per heavy atom. The van der Waals surface area contributed by atoms with Crippen LogP contribution in [0.1, 0.15) is 5.56 Å². The first kappa shape index (κ1) is 17.2. The van der Waals surface area contributed by atoms with Crippen LogP contribution in [-0.4, -0.2) is 28.6 Å². The highest BCUT2D eigenvalue weighted by Crippen LogP contribution is 2.28. The highest BCUT2D eigenvalue weighted by Gasteiger charge is 2.30. The summed E-state index contributed by atoms with van der Waals surface area (Å²) in [4.78, 5) is 6.09. The summed E-state index contributed by atoms with van der Waals surface area (Å²) >= 11 is 1.39. The molecular weight excluding hydrogens is 353 g/mol. The average molecular weight is 366 g/mol. The molecule has 0 unspecified atom stereocenters. The number of aromatic nitrogens is 3. The summed E-state index contributed by atoms with van der Waals surface area (Å²) < 4.78 is 40.4. The van der Waals surface area contributed by atoms with Crippen molar-refractivity contribution in [3.05, 3.63) is 54.2 Å². The number of pyridine rings is 1. The topological polar surface area (TPSA) is 51.1 Å². The summed E-state index contributed by atoms with van der Waals surface area (Å²) in [5.74, 6) is -0.243. The third kappa shape index (κ3) is 4.66. The van der Waals surface area contributed by atoms with Crippen molar-refractivity contribution >= 4 is 16.5 Å². The largest absolute Gasteiger partial charge is 0.573 e. The van der Waals surface area contributed by atoms with Gasteiger partial charge < -0.3 is 9.64 Å². The van der Waals surface area contributed by atoms with Gasteiger partial charge in [-0.2, -0.15) is 0 Å². The van der Waals surface area contributed by atoms with Crippen LogP contribution in [0.3, 0.4) is 0 Å². The van der Waals surface area contributed by atoms with Crippen molar-refractivity contribution in [1.82, 2.24) is 15.2 Å². The molecule has 0 bridgehead atoms. The van der Waals surface area contributed by atoms with E-state index in [1.165, 1.54) is 23.5 Å². The normalized spacial score (nSPS) is 11.4. The molecule has 0 aliphatic rings. The van der Waals surface area contributed by atoms with Gasteiger partial charge in [0.15, 0.2) is 5.01 Å². The molecule has 3 aromatic rings. The first-order valence-electron chi connectivity index (χ1n) is 7.21. The van der Waals surface area contributed by atoms with Crippen LogP contribution in [-0.2, 0) is 6.54 Å². The lowest BCUT2D eigenvalue weighted by Gasteiger charge is -2.15. The van der Waals surface area contributed by atoms with Gasteiger partial charge >= 0.3 is 6.36 Å². The minimum atomic E-state index is -4.69. The highest BCUT2D eigenvalue weighted by atomic mass is 32.1. The van der Waals surface area contributed by atoms with Crippen LogP contribution >= 0.6 is 11.3 Å². The first-order valence-corrected chi connectivity index (χ1v) is 8.03. The smallest absolute Gasteiger partial charge is 0.406 e. The second kappa shape index (κ2) is 7.06. The lowest BCUT2D eigenvalue weighted by atomic mass is 10.2. The van der Waals surface area contributed by atoms with Gasteiger partial charge in [-0.05, 0) is 29.8 Å². The molecule has 0 amide bonds. The fourth-order valence-electron chi connectivity index (χ4n) is 2.10. The van der Waals surface area contributed by atoms with Gasteiger partial charge in [-0.15, -0.1) is 23.4 Å². The number of benzene rings is 1. The summed E-state index contributed by atoms with van der Waals surface area (Å²) in [5, 5.41) is 9.65. The Labute approximate surface area is 145 Å². The van der Waals surface area contributed by atoms with E-state index in [2.05, 4.69) is 19.9 Å². The van der Waals surface area contributed by atoms with Crippen LogP contribution in [0, 0.1) is 0 Å². The van der Waals surface area contributed by atoms with E-state index >= 15 is 0 Å². The van der Waals surface area contributed by atoms with Crippen LogP contribution in [0.25, 0.3) is 10.7 Å². The number of ether oxygens (including phenoxy) is 1. The monoisotopic (exact) mass is 366 g/mol. The standard InChI is InChI=1S/C16H13F3N4OS/c1-23(10-11-5-7-12(8-6-11)24-16(17,18)19)15-22-21-14(25-15)13-4-2-3-9-20-13/h2-9H,10H2,1H3. The van der Waals surface area contributed by atoms with E-state index in [0.717, 1.165) is 11.3 Å². The first-order chi connectivity index (χ1) is 11.9. The molecule has 0 fully saturated rings. The molecule has 2 aromatic heterocycles. The van der Waals surface area contributed by atoms with E-state index in [9.17, 15) is 13.2 Å². The van der Waals surface area contributed by atoms with Crippen molar-refractivity contribution in [2.24, 2.45) is 0 Å². The SMILES string of the molecule is CN(Cc1ccc(OC(F)(F)F)cc1)c1nnc(-c2ccccn2)s1. The Morgan fingerprint density at radius 3 is 2.48 bits per heavy atom. The molecule has 0 radical (unpaired) electrons. The van der Waals surface area contributed by atoms with Crippen molar-refractivity contribution < 1.29 is 17.9 Å². The second-order valence-electron chi connectivity index (χ2n) is 5.15. The number of anilines is 1. The zero-order valence-corrected chi connectivity index (χ0v) is 13.9. The number of halogens is 3. The van der Waals surface area contributed by atoms with Crippen molar-refractivity contribution in [3.8, 4) is 16.5 Å². The average Bonchev–Trinajstić information content (AvgIpc) is 3.06. The molecule has 5 nitrogen and oxygen atoms in total. The Hall–Kier alpha value is -2.68. The predicted octanol–water partition coefficient (Wildman–Crippen LogP) is 4.14. The molecule has 0 atom stereocenters. The minimum absolute atomic E-state index is 0.243. The Morgan fingerprint density at radius 1 is 1.08 bits per heavy atom. The van der Waals surface area contributed by atoms with Crippen LogP contribution in [0.2, 0.25) is 0 Å².